The average Bonchev–Trinajstić information content (AvgIpc) is 2.37. The van der Waals surface area contributed by atoms with Crippen LogP contribution < -0.4 is 5.32 Å². The molecule has 0 aromatic rings. The van der Waals surface area contributed by atoms with Crippen molar-refractivity contribution in [3.63, 3.8) is 0 Å². The summed E-state index contributed by atoms with van der Waals surface area (Å²) in [5, 5.41) is 13.4. The summed E-state index contributed by atoms with van der Waals surface area (Å²) in [6.45, 7) is 12.8. The van der Waals surface area contributed by atoms with E-state index in [0.717, 1.165) is 25.3 Å². The Labute approximate surface area is 114 Å². The second kappa shape index (κ2) is 6.38. The SMILES string of the molecule is CCC(C)(C)C1CCC(CO)(NCC(C)C)CC1. The first kappa shape index (κ1) is 16.0. The van der Waals surface area contributed by atoms with E-state index in [1.54, 1.807) is 0 Å². The molecule has 0 aliphatic heterocycles. The Kier molecular flexibility index (Phi) is 5.67. The smallest absolute Gasteiger partial charge is 0.0613 e. The third-order valence-corrected chi connectivity index (χ3v) is 5.15. The van der Waals surface area contributed by atoms with Gasteiger partial charge in [0.1, 0.15) is 0 Å². The number of rotatable bonds is 6. The first-order valence-electron chi connectivity index (χ1n) is 7.71. The van der Waals surface area contributed by atoms with E-state index in [1.165, 1.54) is 19.3 Å². The van der Waals surface area contributed by atoms with E-state index in [9.17, 15) is 5.11 Å². The van der Waals surface area contributed by atoms with Gasteiger partial charge < -0.3 is 10.4 Å². The fraction of sp³-hybridized carbons (Fsp3) is 1.00. The van der Waals surface area contributed by atoms with E-state index in [1.807, 2.05) is 0 Å². The van der Waals surface area contributed by atoms with Crippen LogP contribution in [0.15, 0.2) is 0 Å². The van der Waals surface area contributed by atoms with Gasteiger partial charge in [-0.15, -0.1) is 0 Å². The van der Waals surface area contributed by atoms with E-state index in [4.69, 9.17) is 0 Å². The van der Waals surface area contributed by atoms with Gasteiger partial charge in [0.25, 0.3) is 0 Å². The number of nitrogens with one attached hydrogen (secondary N) is 1. The van der Waals surface area contributed by atoms with E-state index in [-0.39, 0.29) is 5.54 Å². The Bertz CT molecular complexity index is 239. The second-order valence-electron chi connectivity index (χ2n) is 7.33. The van der Waals surface area contributed by atoms with Crippen LogP contribution in [-0.4, -0.2) is 23.8 Å². The van der Waals surface area contributed by atoms with Crippen LogP contribution in [0.5, 0.6) is 0 Å². The van der Waals surface area contributed by atoms with Crippen LogP contribution in [0.4, 0.5) is 0 Å². The van der Waals surface area contributed by atoms with Crippen molar-refractivity contribution >= 4 is 0 Å². The maximum absolute atomic E-state index is 9.74. The standard InChI is InChI=1S/C16H33NO/c1-6-15(4,5)14-7-9-16(12-18,10-8-14)17-11-13(2)3/h13-14,17-18H,6-12H2,1-5H3. The zero-order chi connectivity index (χ0) is 13.8. The molecule has 0 unspecified atom stereocenters. The minimum Gasteiger partial charge on any atom is -0.394 e. The number of aliphatic hydroxyl groups is 1. The summed E-state index contributed by atoms with van der Waals surface area (Å²) in [5.74, 6) is 1.47. The van der Waals surface area contributed by atoms with Crippen LogP contribution in [-0.2, 0) is 0 Å². The predicted molar refractivity (Wildman–Crippen MR) is 78.7 cm³/mol. The molecule has 1 rings (SSSR count). The molecule has 1 saturated carbocycles. The van der Waals surface area contributed by atoms with Gasteiger partial charge in [-0.2, -0.15) is 0 Å². The van der Waals surface area contributed by atoms with E-state index >= 15 is 0 Å². The van der Waals surface area contributed by atoms with Crippen molar-refractivity contribution in [3.05, 3.63) is 0 Å². The number of hydrogen-bond acceptors (Lipinski definition) is 2. The molecule has 0 radical (unpaired) electrons. The lowest BCUT2D eigenvalue weighted by Crippen LogP contribution is -2.53. The highest BCUT2D eigenvalue weighted by atomic mass is 16.3. The molecule has 0 saturated heterocycles. The molecule has 2 nitrogen and oxygen atoms in total. The fourth-order valence-electron chi connectivity index (χ4n) is 3.05. The minimum absolute atomic E-state index is 0.00455. The van der Waals surface area contributed by atoms with Gasteiger partial charge in [0.2, 0.25) is 0 Å². The van der Waals surface area contributed by atoms with Crippen molar-refractivity contribution in [1.82, 2.24) is 5.32 Å². The summed E-state index contributed by atoms with van der Waals surface area (Å²) in [6.07, 6.45) is 6.02. The quantitative estimate of drug-likeness (QED) is 0.760. The Morgan fingerprint density at radius 2 is 1.83 bits per heavy atom. The van der Waals surface area contributed by atoms with E-state index < -0.39 is 0 Å². The molecule has 1 aliphatic carbocycles. The molecule has 1 fully saturated rings. The average molecular weight is 255 g/mol. The fourth-order valence-corrected chi connectivity index (χ4v) is 3.05. The summed E-state index contributed by atoms with van der Waals surface area (Å²) in [5.41, 5.74) is 0.463. The maximum atomic E-state index is 9.74. The van der Waals surface area contributed by atoms with Gasteiger partial charge in [-0.3, -0.25) is 0 Å². The Hall–Kier alpha value is -0.0800. The summed E-state index contributed by atoms with van der Waals surface area (Å²) in [7, 11) is 0. The third-order valence-electron chi connectivity index (χ3n) is 5.15. The third kappa shape index (κ3) is 3.96. The highest BCUT2D eigenvalue weighted by Crippen LogP contribution is 2.43. The molecule has 0 amide bonds. The van der Waals surface area contributed by atoms with Crippen molar-refractivity contribution in [2.45, 2.75) is 72.3 Å². The predicted octanol–water partition coefficient (Wildman–Crippen LogP) is 3.59. The summed E-state index contributed by atoms with van der Waals surface area (Å²) in [6, 6.07) is 0. The van der Waals surface area contributed by atoms with Gasteiger partial charge in [0.05, 0.1) is 6.61 Å². The molecule has 0 aromatic heterocycles. The van der Waals surface area contributed by atoms with Crippen LogP contribution >= 0.6 is 0 Å². The molecule has 18 heavy (non-hydrogen) atoms. The van der Waals surface area contributed by atoms with Gasteiger partial charge in [0.15, 0.2) is 0 Å². The first-order valence-corrected chi connectivity index (χ1v) is 7.71. The van der Waals surface area contributed by atoms with Crippen molar-refractivity contribution in [2.75, 3.05) is 13.2 Å². The van der Waals surface area contributed by atoms with E-state index in [0.29, 0.717) is 17.9 Å². The molecule has 1 aliphatic rings. The molecule has 2 heteroatoms. The summed E-state index contributed by atoms with van der Waals surface area (Å²) in [4.78, 5) is 0. The highest BCUT2D eigenvalue weighted by molar-refractivity contribution is 4.95. The van der Waals surface area contributed by atoms with Crippen molar-refractivity contribution in [3.8, 4) is 0 Å². The monoisotopic (exact) mass is 255 g/mol. The van der Waals surface area contributed by atoms with Crippen LogP contribution in [0.3, 0.4) is 0 Å². The Morgan fingerprint density at radius 1 is 1.28 bits per heavy atom. The molecule has 0 heterocycles. The van der Waals surface area contributed by atoms with Gasteiger partial charge in [-0.05, 0) is 49.5 Å². The Morgan fingerprint density at radius 3 is 2.22 bits per heavy atom. The molecular formula is C16H33NO. The van der Waals surface area contributed by atoms with Gasteiger partial charge in [-0.1, -0.05) is 41.0 Å². The van der Waals surface area contributed by atoms with Gasteiger partial charge in [0, 0.05) is 5.54 Å². The lowest BCUT2D eigenvalue weighted by Gasteiger charge is -2.45. The van der Waals surface area contributed by atoms with Crippen molar-refractivity contribution < 1.29 is 5.11 Å². The number of hydrogen-bond donors (Lipinski definition) is 2. The summed E-state index contributed by atoms with van der Waals surface area (Å²) >= 11 is 0. The zero-order valence-corrected chi connectivity index (χ0v) is 13.1. The molecular weight excluding hydrogens is 222 g/mol. The van der Waals surface area contributed by atoms with Crippen molar-refractivity contribution in [2.24, 2.45) is 17.3 Å². The van der Waals surface area contributed by atoms with Gasteiger partial charge in [-0.25, -0.2) is 0 Å². The molecule has 0 atom stereocenters. The van der Waals surface area contributed by atoms with Gasteiger partial charge >= 0.3 is 0 Å². The second-order valence-corrected chi connectivity index (χ2v) is 7.33. The first-order chi connectivity index (χ1) is 8.35. The van der Waals surface area contributed by atoms with Crippen LogP contribution in [0, 0.1) is 17.3 Å². The van der Waals surface area contributed by atoms with Crippen molar-refractivity contribution in [1.29, 1.82) is 0 Å². The minimum atomic E-state index is 0.00455. The summed E-state index contributed by atoms with van der Waals surface area (Å²) < 4.78 is 0. The highest BCUT2D eigenvalue weighted by Gasteiger charge is 2.38. The largest absolute Gasteiger partial charge is 0.394 e. The normalized spacial score (nSPS) is 29.8. The topological polar surface area (TPSA) is 32.3 Å². The number of aliphatic hydroxyl groups excluding tert-OH is 1. The lowest BCUT2D eigenvalue weighted by molar-refractivity contribution is 0.0594. The maximum Gasteiger partial charge on any atom is 0.0613 e. The van der Waals surface area contributed by atoms with Crippen LogP contribution in [0.2, 0.25) is 0 Å². The molecule has 2 N–H and O–H groups in total. The van der Waals surface area contributed by atoms with E-state index in [2.05, 4.69) is 39.9 Å². The zero-order valence-electron chi connectivity index (χ0n) is 13.1. The molecule has 0 bridgehead atoms. The van der Waals surface area contributed by atoms with Crippen LogP contribution in [0.1, 0.15) is 66.7 Å². The molecule has 0 aromatic carbocycles. The molecule has 108 valence electrons. The lowest BCUT2D eigenvalue weighted by atomic mass is 9.65. The van der Waals surface area contributed by atoms with Crippen LogP contribution in [0.25, 0.3) is 0 Å². The Balaban J connectivity index is 2.54. The molecule has 0 spiro atoms.